The zero-order valence-corrected chi connectivity index (χ0v) is 11.2. The Balaban J connectivity index is 3.22. The fourth-order valence-electron chi connectivity index (χ4n) is 0.951. The van der Waals surface area contributed by atoms with E-state index in [0.717, 1.165) is 0 Å². The third kappa shape index (κ3) is 2.49. The number of Topliss-reactive ketones (excluding diaryl/α,β-unsaturated/α-hetero) is 1. The van der Waals surface area contributed by atoms with Crippen molar-refractivity contribution in [3.8, 4) is 5.75 Å². The maximum atomic E-state index is 11.4. The van der Waals surface area contributed by atoms with Gasteiger partial charge in [-0.2, -0.15) is 0 Å². The summed E-state index contributed by atoms with van der Waals surface area (Å²) in [7, 11) is 1.53. The number of alkyl halides is 1. The van der Waals surface area contributed by atoms with Crippen LogP contribution in [0.2, 0.25) is 5.02 Å². The highest BCUT2D eigenvalue weighted by Gasteiger charge is 2.11. The average Bonchev–Trinajstić information content (AvgIpc) is 2.20. The van der Waals surface area contributed by atoms with Crippen molar-refractivity contribution >= 4 is 49.2 Å². The number of benzene rings is 1. The summed E-state index contributed by atoms with van der Waals surface area (Å²) in [4.78, 5) is 11.4. The van der Waals surface area contributed by atoms with Crippen LogP contribution < -0.4 is 4.74 Å². The van der Waals surface area contributed by atoms with E-state index in [1.807, 2.05) is 0 Å². The SMILES string of the molecule is COc1cc(C(=O)CBr)cc(Cl)c1Br. The van der Waals surface area contributed by atoms with E-state index in [4.69, 9.17) is 16.3 Å². The Morgan fingerprint density at radius 1 is 1.57 bits per heavy atom. The van der Waals surface area contributed by atoms with Gasteiger partial charge in [0.05, 0.1) is 21.9 Å². The zero-order chi connectivity index (χ0) is 10.7. The maximum Gasteiger partial charge on any atom is 0.173 e. The highest BCUT2D eigenvalue weighted by Crippen LogP contribution is 2.33. The van der Waals surface area contributed by atoms with E-state index in [0.29, 0.717) is 20.8 Å². The Morgan fingerprint density at radius 3 is 2.71 bits per heavy atom. The molecule has 0 amide bonds. The van der Waals surface area contributed by atoms with Crippen LogP contribution in [0, 0.1) is 0 Å². The van der Waals surface area contributed by atoms with Crippen LogP contribution in [-0.4, -0.2) is 18.2 Å². The van der Waals surface area contributed by atoms with Gasteiger partial charge in [0.25, 0.3) is 0 Å². The molecule has 0 aliphatic rings. The van der Waals surface area contributed by atoms with Crippen LogP contribution in [0.1, 0.15) is 10.4 Å². The van der Waals surface area contributed by atoms with Gasteiger partial charge < -0.3 is 4.74 Å². The van der Waals surface area contributed by atoms with Crippen molar-refractivity contribution in [3.63, 3.8) is 0 Å². The van der Waals surface area contributed by atoms with Crippen LogP contribution in [0.15, 0.2) is 16.6 Å². The Bertz CT molecular complexity index is 366. The molecule has 0 aliphatic carbocycles. The minimum absolute atomic E-state index is 0.0299. The van der Waals surface area contributed by atoms with Gasteiger partial charge in [0.1, 0.15) is 5.75 Å². The Morgan fingerprint density at radius 2 is 2.21 bits per heavy atom. The minimum atomic E-state index is -0.0299. The van der Waals surface area contributed by atoms with E-state index in [1.165, 1.54) is 7.11 Å². The molecule has 14 heavy (non-hydrogen) atoms. The number of hydrogen-bond donors (Lipinski definition) is 0. The molecule has 0 heterocycles. The molecule has 0 aromatic heterocycles. The molecular weight excluding hydrogens is 335 g/mol. The van der Waals surface area contributed by atoms with Gasteiger partial charge in [-0.1, -0.05) is 27.5 Å². The minimum Gasteiger partial charge on any atom is -0.495 e. The molecule has 1 rings (SSSR count). The maximum absolute atomic E-state index is 11.4. The molecule has 0 spiro atoms. The summed E-state index contributed by atoms with van der Waals surface area (Å²) in [5.74, 6) is 0.527. The first-order valence-electron chi connectivity index (χ1n) is 3.72. The lowest BCUT2D eigenvalue weighted by Crippen LogP contribution is -2.00. The van der Waals surface area contributed by atoms with Crippen LogP contribution in [0.25, 0.3) is 0 Å². The first kappa shape index (κ1) is 12.0. The number of methoxy groups -OCH3 is 1. The van der Waals surface area contributed by atoms with E-state index >= 15 is 0 Å². The van der Waals surface area contributed by atoms with Gasteiger partial charge in [0, 0.05) is 5.56 Å². The molecule has 0 aliphatic heterocycles. The van der Waals surface area contributed by atoms with Gasteiger partial charge in [0.15, 0.2) is 5.78 Å². The monoisotopic (exact) mass is 340 g/mol. The molecule has 76 valence electrons. The summed E-state index contributed by atoms with van der Waals surface area (Å²) in [6.07, 6.45) is 0. The number of carbonyl (C=O) groups excluding carboxylic acids is 1. The van der Waals surface area contributed by atoms with E-state index in [9.17, 15) is 4.79 Å². The molecule has 5 heteroatoms. The molecule has 2 nitrogen and oxygen atoms in total. The number of ketones is 1. The van der Waals surface area contributed by atoms with Crippen molar-refractivity contribution in [2.24, 2.45) is 0 Å². The van der Waals surface area contributed by atoms with Crippen LogP contribution in [-0.2, 0) is 0 Å². The van der Waals surface area contributed by atoms with E-state index in [-0.39, 0.29) is 11.1 Å². The second-order valence-corrected chi connectivity index (χ2v) is 4.29. The third-order valence-electron chi connectivity index (χ3n) is 1.66. The van der Waals surface area contributed by atoms with Crippen molar-refractivity contribution in [2.75, 3.05) is 12.4 Å². The highest BCUT2D eigenvalue weighted by atomic mass is 79.9. The highest BCUT2D eigenvalue weighted by molar-refractivity contribution is 9.10. The summed E-state index contributed by atoms with van der Waals surface area (Å²) < 4.78 is 5.72. The number of ether oxygens (including phenoxy) is 1. The van der Waals surface area contributed by atoms with Crippen molar-refractivity contribution < 1.29 is 9.53 Å². The summed E-state index contributed by atoms with van der Waals surface area (Å²) in [5, 5.41) is 0.738. The first-order valence-corrected chi connectivity index (χ1v) is 6.01. The smallest absolute Gasteiger partial charge is 0.173 e. The van der Waals surface area contributed by atoms with Crippen LogP contribution in [0.5, 0.6) is 5.75 Å². The molecule has 0 unspecified atom stereocenters. The van der Waals surface area contributed by atoms with Crippen LogP contribution in [0.4, 0.5) is 0 Å². The van der Waals surface area contributed by atoms with Crippen molar-refractivity contribution in [3.05, 3.63) is 27.2 Å². The van der Waals surface area contributed by atoms with Crippen molar-refractivity contribution in [2.45, 2.75) is 0 Å². The fourth-order valence-corrected chi connectivity index (χ4v) is 1.88. The molecule has 0 N–H and O–H groups in total. The summed E-state index contributed by atoms with van der Waals surface area (Å²) >= 11 is 12.3. The standard InChI is InChI=1S/C9H7Br2ClO2/c1-14-8-3-5(7(13)4-10)2-6(12)9(8)11/h2-3H,4H2,1H3. The Hall–Kier alpha value is -0.0600. The molecular formula is C9H7Br2ClO2. The molecule has 0 radical (unpaired) electrons. The quantitative estimate of drug-likeness (QED) is 0.619. The lowest BCUT2D eigenvalue weighted by molar-refractivity contribution is 0.102. The normalized spacial score (nSPS) is 10.0. The van der Waals surface area contributed by atoms with Gasteiger partial charge in [-0.15, -0.1) is 0 Å². The second kappa shape index (κ2) is 5.14. The first-order chi connectivity index (χ1) is 6.60. The number of carbonyl (C=O) groups is 1. The Labute approximate surface area is 104 Å². The molecule has 0 saturated heterocycles. The molecule has 1 aromatic rings. The average molecular weight is 342 g/mol. The molecule has 0 atom stereocenters. The van der Waals surface area contributed by atoms with Gasteiger partial charge in [-0.25, -0.2) is 0 Å². The molecule has 0 bridgehead atoms. The predicted molar refractivity (Wildman–Crippen MR) is 63.8 cm³/mol. The third-order valence-corrected chi connectivity index (χ3v) is 3.51. The molecule has 0 saturated carbocycles. The largest absolute Gasteiger partial charge is 0.495 e. The van der Waals surface area contributed by atoms with Crippen molar-refractivity contribution in [1.29, 1.82) is 0 Å². The van der Waals surface area contributed by atoms with Gasteiger partial charge in [-0.3, -0.25) is 4.79 Å². The number of hydrogen-bond acceptors (Lipinski definition) is 2. The zero-order valence-electron chi connectivity index (χ0n) is 7.31. The lowest BCUT2D eigenvalue weighted by atomic mass is 10.1. The predicted octanol–water partition coefficient (Wildman–Crippen LogP) is 3.69. The fraction of sp³-hybridized carbons (Fsp3) is 0.222. The second-order valence-electron chi connectivity index (χ2n) is 2.53. The summed E-state index contributed by atoms with van der Waals surface area (Å²) in [6, 6.07) is 3.26. The topological polar surface area (TPSA) is 26.3 Å². The summed E-state index contributed by atoms with van der Waals surface area (Å²) in [5.41, 5.74) is 0.534. The molecule has 1 aromatic carbocycles. The number of rotatable bonds is 3. The Kier molecular flexibility index (Phi) is 4.41. The van der Waals surface area contributed by atoms with Crippen LogP contribution in [0.3, 0.4) is 0 Å². The van der Waals surface area contributed by atoms with Crippen molar-refractivity contribution in [1.82, 2.24) is 0 Å². The van der Waals surface area contributed by atoms with E-state index in [2.05, 4.69) is 31.9 Å². The van der Waals surface area contributed by atoms with Gasteiger partial charge in [0.2, 0.25) is 0 Å². The van der Waals surface area contributed by atoms with Gasteiger partial charge >= 0.3 is 0 Å². The van der Waals surface area contributed by atoms with Crippen LogP contribution >= 0.6 is 43.5 Å². The number of halogens is 3. The van der Waals surface area contributed by atoms with E-state index in [1.54, 1.807) is 12.1 Å². The summed E-state index contributed by atoms with van der Waals surface area (Å²) in [6.45, 7) is 0. The van der Waals surface area contributed by atoms with Gasteiger partial charge in [-0.05, 0) is 28.1 Å². The lowest BCUT2D eigenvalue weighted by Gasteiger charge is -2.07. The van der Waals surface area contributed by atoms with E-state index < -0.39 is 0 Å². The molecule has 0 fully saturated rings.